The van der Waals surface area contributed by atoms with Gasteiger partial charge < -0.3 is 9.64 Å². The van der Waals surface area contributed by atoms with Gasteiger partial charge >= 0.3 is 5.00 Å². The molecule has 2 rings (SSSR count). The number of nitro groups is 1. The summed E-state index contributed by atoms with van der Waals surface area (Å²) in [6.07, 6.45) is 0. The molecule has 0 fully saturated rings. The van der Waals surface area contributed by atoms with Crippen LogP contribution in [0.3, 0.4) is 0 Å². The van der Waals surface area contributed by atoms with Gasteiger partial charge in [0.05, 0.1) is 11.5 Å². The Morgan fingerprint density at radius 1 is 1.40 bits per heavy atom. The van der Waals surface area contributed by atoms with Crippen molar-refractivity contribution in [3.63, 3.8) is 0 Å². The third kappa shape index (κ3) is 3.55. The predicted molar refractivity (Wildman–Crippen MR) is 77.3 cm³/mol. The molecule has 0 spiro atoms. The van der Waals surface area contributed by atoms with E-state index in [-0.39, 0.29) is 23.3 Å². The number of nitrogens with zero attached hydrogens (tertiary/aromatic N) is 2. The van der Waals surface area contributed by atoms with E-state index in [1.807, 2.05) is 17.5 Å². The average molecular weight is 312 g/mol. The number of hydrogen-bond acceptors (Lipinski definition) is 6. The van der Waals surface area contributed by atoms with Gasteiger partial charge in [-0.05, 0) is 17.5 Å². The first-order valence-electron chi connectivity index (χ1n) is 5.69. The Kier molecular flexibility index (Phi) is 4.70. The molecule has 0 aromatic carbocycles. The summed E-state index contributed by atoms with van der Waals surface area (Å²) < 4.78 is 5.22. The molecule has 0 saturated carbocycles. The largest absolute Gasteiger partial charge is 0.476 e. The van der Waals surface area contributed by atoms with Gasteiger partial charge in [0.15, 0.2) is 6.61 Å². The van der Waals surface area contributed by atoms with Crippen molar-refractivity contribution in [2.24, 2.45) is 0 Å². The standard InChI is InChI=1S/C12H12N2O4S2/c1-13(7-9-3-2-5-19-9)11(15)8-18-10-4-6-20-12(10)14(16)17/h2-6H,7-8H2,1H3. The fraction of sp³-hybridized carbons (Fsp3) is 0.250. The summed E-state index contributed by atoms with van der Waals surface area (Å²) in [6.45, 7) is 0.297. The number of carbonyl (C=O) groups excluding carboxylic acids is 1. The molecule has 0 radical (unpaired) electrons. The third-order valence-electron chi connectivity index (χ3n) is 2.53. The molecule has 0 aliphatic carbocycles. The Morgan fingerprint density at radius 3 is 2.85 bits per heavy atom. The van der Waals surface area contributed by atoms with Crippen LogP contribution in [0.2, 0.25) is 0 Å². The van der Waals surface area contributed by atoms with Crippen molar-refractivity contribution in [3.05, 3.63) is 44.0 Å². The van der Waals surface area contributed by atoms with E-state index in [1.54, 1.807) is 23.8 Å². The van der Waals surface area contributed by atoms with E-state index in [1.165, 1.54) is 11.0 Å². The van der Waals surface area contributed by atoms with E-state index in [9.17, 15) is 14.9 Å². The van der Waals surface area contributed by atoms with Gasteiger partial charge in [-0.1, -0.05) is 17.4 Å². The normalized spacial score (nSPS) is 10.2. The van der Waals surface area contributed by atoms with Gasteiger partial charge in [-0.15, -0.1) is 11.3 Å². The fourth-order valence-corrected chi connectivity index (χ4v) is 2.91. The summed E-state index contributed by atoms with van der Waals surface area (Å²) in [5, 5.41) is 14.1. The number of thiophene rings is 2. The van der Waals surface area contributed by atoms with Crippen LogP contribution < -0.4 is 4.74 Å². The Hall–Kier alpha value is -1.93. The highest BCUT2D eigenvalue weighted by atomic mass is 32.1. The van der Waals surface area contributed by atoms with Crippen molar-refractivity contribution in [2.45, 2.75) is 6.54 Å². The number of amides is 1. The maximum Gasteiger partial charge on any atom is 0.365 e. The maximum atomic E-state index is 11.9. The molecule has 20 heavy (non-hydrogen) atoms. The van der Waals surface area contributed by atoms with E-state index >= 15 is 0 Å². The maximum absolute atomic E-state index is 11.9. The van der Waals surface area contributed by atoms with Gasteiger partial charge in [-0.3, -0.25) is 14.9 Å². The smallest absolute Gasteiger partial charge is 0.365 e. The quantitative estimate of drug-likeness (QED) is 0.607. The molecule has 2 aromatic heterocycles. The van der Waals surface area contributed by atoms with Crippen molar-refractivity contribution in [1.82, 2.24) is 4.90 Å². The van der Waals surface area contributed by atoms with Crippen molar-refractivity contribution in [3.8, 4) is 5.75 Å². The molecular formula is C12H12N2O4S2. The number of hydrogen-bond donors (Lipinski definition) is 0. The molecule has 8 heteroatoms. The molecule has 0 unspecified atom stereocenters. The summed E-state index contributed by atoms with van der Waals surface area (Å²) in [5.41, 5.74) is 0. The Morgan fingerprint density at radius 2 is 2.20 bits per heavy atom. The molecule has 0 atom stereocenters. The molecule has 0 N–H and O–H groups in total. The molecule has 2 aromatic rings. The van der Waals surface area contributed by atoms with Crippen LogP contribution in [0.1, 0.15) is 4.88 Å². The second-order valence-corrected chi connectivity index (χ2v) is 5.89. The lowest BCUT2D eigenvalue weighted by atomic mass is 10.4. The molecule has 106 valence electrons. The Labute approximate surface area is 123 Å². The first kappa shape index (κ1) is 14.5. The number of carbonyl (C=O) groups is 1. The van der Waals surface area contributed by atoms with Crippen LogP contribution in [-0.2, 0) is 11.3 Å². The average Bonchev–Trinajstić information content (AvgIpc) is 3.06. The minimum absolute atomic E-state index is 0.0845. The van der Waals surface area contributed by atoms with E-state index < -0.39 is 4.92 Å². The van der Waals surface area contributed by atoms with Crippen LogP contribution in [0.4, 0.5) is 5.00 Å². The summed E-state index contributed by atoms with van der Waals surface area (Å²) in [7, 11) is 1.67. The Bertz CT molecular complexity index is 594. The molecule has 0 bridgehead atoms. The lowest BCUT2D eigenvalue weighted by Crippen LogP contribution is -2.30. The summed E-state index contributed by atoms with van der Waals surface area (Å²) >= 11 is 2.54. The first-order chi connectivity index (χ1) is 9.58. The lowest BCUT2D eigenvalue weighted by molar-refractivity contribution is -0.381. The van der Waals surface area contributed by atoms with Gasteiger partial charge in [-0.25, -0.2) is 0 Å². The van der Waals surface area contributed by atoms with Crippen LogP contribution in [-0.4, -0.2) is 29.4 Å². The zero-order valence-corrected chi connectivity index (χ0v) is 12.3. The first-order valence-corrected chi connectivity index (χ1v) is 7.45. The second-order valence-electron chi connectivity index (χ2n) is 3.96. The van der Waals surface area contributed by atoms with E-state index in [2.05, 4.69) is 0 Å². The predicted octanol–water partition coefficient (Wildman–Crippen LogP) is 2.76. The van der Waals surface area contributed by atoms with Crippen molar-refractivity contribution in [2.75, 3.05) is 13.7 Å². The molecule has 0 aliphatic rings. The van der Waals surface area contributed by atoms with Gasteiger partial charge in [0.2, 0.25) is 5.75 Å². The van der Waals surface area contributed by atoms with Crippen LogP contribution in [0.25, 0.3) is 0 Å². The number of likely N-dealkylation sites (N-methyl/N-ethyl adjacent to an activating group) is 1. The monoisotopic (exact) mass is 312 g/mol. The molecule has 0 aliphatic heterocycles. The van der Waals surface area contributed by atoms with Gasteiger partial charge in [0, 0.05) is 17.3 Å². The van der Waals surface area contributed by atoms with Crippen LogP contribution >= 0.6 is 22.7 Å². The minimum atomic E-state index is -0.514. The molecule has 0 saturated heterocycles. The summed E-state index contributed by atoms with van der Waals surface area (Å²) in [6, 6.07) is 5.36. The summed E-state index contributed by atoms with van der Waals surface area (Å²) in [4.78, 5) is 24.7. The zero-order chi connectivity index (χ0) is 14.5. The van der Waals surface area contributed by atoms with E-state index in [0.29, 0.717) is 6.54 Å². The van der Waals surface area contributed by atoms with Crippen LogP contribution in [0.5, 0.6) is 5.75 Å². The van der Waals surface area contributed by atoms with Crippen molar-refractivity contribution in [1.29, 1.82) is 0 Å². The Balaban J connectivity index is 1.88. The number of rotatable bonds is 6. The van der Waals surface area contributed by atoms with Crippen molar-refractivity contribution >= 4 is 33.6 Å². The zero-order valence-electron chi connectivity index (χ0n) is 10.6. The third-order valence-corrected chi connectivity index (χ3v) is 4.23. The highest BCUT2D eigenvalue weighted by Crippen LogP contribution is 2.32. The van der Waals surface area contributed by atoms with Crippen molar-refractivity contribution < 1.29 is 14.5 Å². The summed E-state index contributed by atoms with van der Waals surface area (Å²) in [5.74, 6) is -0.0863. The molecular weight excluding hydrogens is 300 g/mol. The van der Waals surface area contributed by atoms with Crippen LogP contribution in [0, 0.1) is 10.1 Å². The van der Waals surface area contributed by atoms with E-state index in [4.69, 9.17) is 4.74 Å². The molecule has 2 heterocycles. The second kappa shape index (κ2) is 6.49. The van der Waals surface area contributed by atoms with Gasteiger partial charge in [0.1, 0.15) is 0 Å². The van der Waals surface area contributed by atoms with Gasteiger partial charge in [0.25, 0.3) is 5.91 Å². The van der Waals surface area contributed by atoms with Crippen LogP contribution in [0.15, 0.2) is 29.0 Å². The number of ether oxygens (including phenoxy) is 1. The topological polar surface area (TPSA) is 72.7 Å². The van der Waals surface area contributed by atoms with Gasteiger partial charge in [-0.2, -0.15) is 0 Å². The minimum Gasteiger partial charge on any atom is -0.476 e. The lowest BCUT2D eigenvalue weighted by Gasteiger charge is -2.16. The molecule has 1 amide bonds. The SMILES string of the molecule is CN(Cc1cccs1)C(=O)COc1ccsc1[N+](=O)[O-]. The highest BCUT2D eigenvalue weighted by molar-refractivity contribution is 7.13. The molecule has 6 nitrogen and oxygen atoms in total. The highest BCUT2D eigenvalue weighted by Gasteiger charge is 2.19. The van der Waals surface area contributed by atoms with E-state index in [0.717, 1.165) is 16.2 Å². The fourth-order valence-electron chi connectivity index (χ4n) is 1.51.